The van der Waals surface area contributed by atoms with Gasteiger partial charge in [0.05, 0.1) is 11.4 Å². The van der Waals surface area contributed by atoms with Crippen LogP contribution in [0.15, 0.2) is 107 Å². The SMILES string of the molecule is O=C(Nc1ccc(N=Nc2ccccc2)c(NC(=O)c2ccc(F)cc2)c1)c1ccc(F)cc1. The van der Waals surface area contributed by atoms with E-state index in [0.717, 1.165) is 0 Å². The van der Waals surface area contributed by atoms with E-state index in [1.807, 2.05) is 18.2 Å². The molecule has 4 aromatic rings. The lowest BCUT2D eigenvalue weighted by atomic mass is 10.1. The number of hydrogen-bond acceptors (Lipinski definition) is 4. The van der Waals surface area contributed by atoms with Crippen LogP contribution in [0, 0.1) is 11.6 Å². The summed E-state index contributed by atoms with van der Waals surface area (Å²) in [5.74, 6) is -1.84. The van der Waals surface area contributed by atoms with Crippen molar-refractivity contribution < 1.29 is 18.4 Å². The first kappa shape index (κ1) is 22.5. The summed E-state index contributed by atoms with van der Waals surface area (Å²) >= 11 is 0. The number of hydrogen-bond donors (Lipinski definition) is 2. The fourth-order valence-corrected chi connectivity index (χ4v) is 3.01. The van der Waals surface area contributed by atoms with Crippen molar-refractivity contribution in [3.63, 3.8) is 0 Å². The second-order valence-corrected chi connectivity index (χ2v) is 7.19. The first-order valence-corrected chi connectivity index (χ1v) is 10.2. The Labute approximate surface area is 194 Å². The summed E-state index contributed by atoms with van der Waals surface area (Å²) < 4.78 is 26.4. The molecule has 0 fully saturated rings. The van der Waals surface area contributed by atoms with E-state index in [-0.39, 0.29) is 16.8 Å². The third kappa shape index (κ3) is 5.74. The average molecular weight is 456 g/mol. The Morgan fingerprint density at radius 1 is 0.618 bits per heavy atom. The van der Waals surface area contributed by atoms with Crippen LogP contribution in [-0.2, 0) is 0 Å². The molecule has 0 radical (unpaired) electrons. The molecule has 0 aliphatic heterocycles. The van der Waals surface area contributed by atoms with Gasteiger partial charge in [-0.15, -0.1) is 5.11 Å². The van der Waals surface area contributed by atoms with Crippen molar-refractivity contribution in [1.82, 2.24) is 0 Å². The van der Waals surface area contributed by atoms with E-state index in [1.54, 1.807) is 24.3 Å². The van der Waals surface area contributed by atoms with Crippen molar-refractivity contribution in [2.45, 2.75) is 0 Å². The topological polar surface area (TPSA) is 82.9 Å². The second kappa shape index (κ2) is 10.3. The number of carbonyl (C=O) groups is 2. The van der Waals surface area contributed by atoms with E-state index in [0.29, 0.717) is 17.1 Å². The maximum Gasteiger partial charge on any atom is 0.255 e. The van der Waals surface area contributed by atoms with Crippen LogP contribution in [0.2, 0.25) is 0 Å². The highest BCUT2D eigenvalue weighted by Gasteiger charge is 2.13. The third-order valence-electron chi connectivity index (χ3n) is 4.74. The van der Waals surface area contributed by atoms with Gasteiger partial charge in [0.15, 0.2) is 0 Å². The van der Waals surface area contributed by atoms with Gasteiger partial charge in [0.25, 0.3) is 11.8 Å². The van der Waals surface area contributed by atoms with Crippen LogP contribution in [0.3, 0.4) is 0 Å². The maximum atomic E-state index is 13.2. The van der Waals surface area contributed by atoms with Gasteiger partial charge in [0.2, 0.25) is 0 Å². The highest BCUT2D eigenvalue weighted by atomic mass is 19.1. The molecule has 0 aliphatic rings. The lowest BCUT2D eigenvalue weighted by Crippen LogP contribution is -2.14. The van der Waals surface area contributed by atoms with Crippen molar-refractivity contribution in [2.75, 3.05) is 10.6 Å². The predicted molar refractivity (Wildman–Crippen MR) is 126 cm³/mol. The van der Waals surface area contributed by atoms with Crippen molar-refractivity contribution in [2.24, 2.45) is 10.2 Å². The molecule has 0 aliphatic carbocycles. The first-order valence-electron chi connectivity index (χ1n) is 10.2. The van der Waals surface area contributed by atoms with Crippen LogP contribution < -0.4 is 10.6 Å². The molecule has 2 amide bonds. The number of rotatable bonds is 6. The number of halogens is 2. The summed E-state index contributed by atoms with van der Waals surface area (Å²) in [6.45, 7) is 0. The van der Waals surface area contributed by atoms with Crippen LogP contribution in [0.25, 0.3) is 0 Å². The fourth-order valence-electron chi connectivity index (χ4n) is 3.01. The summed E-state index contributed by atoms with van der Waals surface area (Å²) in [5.41, 5.74) is 2.14. The smallest absolute Gasteiger partial charge is 0.255 e. The monoisotopic (exact) mass is 456 g/mol. The zero-order chi connectivity index (χ0) is 23.9. The summed E-state index contributed by atoms with van der Waals surface area (Å²) in [4.78, 5) is 25.2. The van der Waals surface area contributed by atoms with Gasteiger partial charge in [0, 0.05) is 16.8 Å². The van der Waals surface area contributed by atoms with Gasteiger partial charge in [-0.2, -0.15) is 5.11 Å². The number of nitrogens with zero attached hydrogens (tertiary/aromatic N) is 2. The van der Waals surface area contributed by atoms with Gasteiger partial charge in [-0.1, -0.05) is 18.2 Å². The van der Waals surface area contributed by atoms with Gasteiger partial charge in [-0.25, -0.2) is 8.78 Å². The molecule has 0 saturated heterocycles. The molecule has 4 rings (SSSR count). The Bertz CT molecular complexity index is 1340. The first-order chi connectivity index (χ1) is 16.5. The highest BCUT2D eigenvalue weighted by Crippen LogP contribution is 2.31. The quantitative estimate of drug-likeness (QED) is 0.310. The van der Waals surface area contributed by atoms with Crippen LogP contribution in [0.5, 0.6) is 0 Å². The van der Waals surface area contributed by atoms with Gasteiger partial charge >= 0.3 is 0 Å². The number of carbonyl (C=O) groups excluding carboxylic acids is 2. The summed E-state index contributed by atoms with van der Waals surface area (Å²) in [6.07, 6.45) is 0. The number of benzene rings is 4. The predicted octanol–water partition coefficient (Wildman–Crippen LogP) is 6.88. The average Bonchev–Trinajstić information content (AvgIpc) is 2.85. The second-order valence-electron chi connectivity index (χ2n) is 7.19. The van der Waals surface area contributed by atoms with Crippen molar-refractivity contribution in [3.05, 3.63) is 120 Å². The van der Waals surface area contributed by atoms with Crippen molar-refractivity contribution >= 4 is 34.6 Å². The van der Waals surface area contributed by atoms with E-state index in [9.17, 15) is 18.4 Å². The van der Waals surface area contributed by atoms with E-state index < -0.39 is 23.4 Å². The van der Waals surface area contributed by atoms with Crippen LogP contribution in [0.1, 0.15) is 20.7 Å². The molecule has 0 spiro atoms. The molecule has 0 aromatic heterocycles. The van der Waals surface area contributed by atoms with E-state index >= 15 is 0 Å². The minimum Gasteiger partial charge on any atom is -0.322 e. The number of azo groups is 1. The van der Waals surface area contributed by atoms with E-state index in [1.165, 1.54) is 54.6 Å². The largest absolute Gasteiger partial charge is 0.322 e. The molecule has 0 atom stereocenters. The molecule has 8 heteroatoms. The summed E-state index contributed by atoms with van der Waals surface area (Å²) in [5, 5.41) is 13.8. The molecule has 0 unspecified atom stereocenters. The van der Waals surface area contributed by atoms with E-state index in [4.69, 9.17) is 0 Å². The van der Waals surface area contributed by atoms with Crippen molar-refractivity contribution in [1.29, 1.82) is 0 Å². The lowest BCUT2D eigenvalue weighted by molar-refractivity contribution is 0.101. The highest BCUT2D eigenvalue weighted by molar-refractivity contribution is 6.07. The molecule has 0 heterocycles. The maximum absolute atomic E-state index is 13.2. The third-order valence-corrected chi connectivity index (χ3v) is 4.74. The molecule has 6 nitrogen and oxygen atoms in total. The van der Waals surface area contributed by atoms with Gasteiger partial charge in [-0.3, -0.25) is 9.59 Å². The number of anilines is 2. The molecule has 0 saturated carbocycles. The Hall–Kier alpha value is -4.72. The zero-order valence-corrected chi connectivity index (χ0v) is 17.7. The Morgan fingerprint density at radius 2 is 1.18 bits per heavy atom. The molecular weight excluding hydrogens is 438 g/mol. The molecule has 0 bridgehead atoms. The molecule has 168 valence electrons. The van der Waals surface area contributed by atoms with E-state index in [2.05, 4.69) is 20.9 Å². The van der Waals surface area contributed by atoms with Gasteiger partial charge in [-0.05, 0) is 78.9 Å². The molecular formula is C26H18F2N4O2. The fraction of sp³-hybridized carbons (Fsp3) is 0. The van der Waals surface area contributed by atoms with Gasteiger partial charge in [0.1, 0.15) is 17.3 Å². The summed E-state index contributed by atoms with van der Waals surface area (Å²) in [6, 6.07) is 24.0. The minimum absolute atomic E-state index is 0.244. The van der Waals surface area contributed by atoms with Gasteiger partial charge < -0.3 is 10.6 Å². The molecule has 2 N–H and O–H groups in total. The summed E-state index contributed by atoms with van der Waals surface area (Å²) in [7, 11) is 0. The van der Waals surface area contributed by atoms with Crippen LogP contribution in [-0.4, -0.2) is 11.8 Å². The normalized spacial score (nSPS) is 10.8. The Balaban J connectivity index is 1.62. The Kier molecular flexibility index (Phi) is 6.78. The molecule has 34 heavy (non-hydrogen) atoms. The zero-order valence-electron chi connectivity index (χ0n) is 17.7. The van der Waals surface area contributed by atoms with Crippen molar-refractivity contribution in [3.8, 4) is 0 Å². The van der Waals surface area contributed by atoms with Crippen LogP contribution >= 0.6 is 0 Å². The Morgan fingerprint density at radius 3 is 1.76 bits per heavy atom. The number of amides is 2. The molecule has 4 aromatic carbocycles. The van der Waals surface area contributed by atoms with Crippen LogP contribution in [0.4, 0.5) is 31.5 Å². The standard InChI is InChI=1S/C26H18F2N4O2/c27-19-10-6-17(7-11-19)25(33)29-22-14-15-23(32-31-21-4-2-1-3-5-21)24(16-22)30-26(34)18-8-12-20(28)13-9-18/h1-16H,(H,29,33)(H,30,34). The lowest BCUT2D eigenvalue weighted by Gasteiger charge is -2.11. The number of nitrogens with one attached hydrogen (secondary N) is 2. The minimum atomic E-state index is -0.488.